The number of amides is 2. The number of aromatic nitrogens is 1. The van der Waals surface area contributed by atoms with Gasteiger partial charge in [-0.05, 0) is 59.9 Å². The molecule has 0 saturated carbocycles. The number of carbonyl (C=O) groups excluding carboxylic acids is 2. The molecule has 0 saturated heterocycles. The van der Waals surface area contributed by atoms with Crippen LogP contribution in [0.3, 0.4) is 0 Å². The third-order valence-electron chi connectivity index (χ3n) is 5.80. The third kappa shape index (κ3) is 7.87. The minimum atomic E-state index is -0.166. The van der Waals surface area contributed by atoms with Crippen molar-refractivity contribution in [2.24, 2.45) is 11.8 Å². The molecule has 0 bridgehead atoms. The predicted octanol–water partition coefficient (Wildman–Crippen LogP) is 6.63. The van der Waals surface area contributed by atoms with E-state index in [1.54, 1.807) is 29.2 Å². The Kier molecular flexibility index (Phi) is 10.0. The maximum atomic E-state index is 13.6. The van der Waals surface area contributed by atoms with Gasteiger partial charge in [0.2, 0.25) is 5.91 Å². The van der Waals surface area contributed by atoms with Gasteiger partial charge < -0.3 is 14.4 Å². The lowest BCUT2D eigenvalue weighted by molar-refractivity contribution is -0.133. The van der Waals surface area contributed by atoms with E-state index < -0.39 is 0 Å². The second-order valence-electron chi connectivity index (χ2n) is 9.97. The molecular weight excluding hydrogens is 493 g/mol. The Balaban J connectivity index is 1.79. The Morgan fingerprint density at radius 2 is 1.47 bits per heavy atom. The summed E-state index contributed by atoms with van der Waals surface area (Å²) in [6.45, 7) is 10.5. The highest BCUT2D eigenvalue weighted by atomic mass is 35.5. The molecule has 5 nitrogen and oxygen atoms in total. The number of hydrogen-bond acceptors (Lipinski definition) is 2. The van der Waals surface area contributed by atoms with Crippen LogP contribution >= 0.6 is 23.2 Å². The highest BCUT2D eigenvalue weighted by Crippen LogP contribution is 2.19. The molecule has 0 aliphatic rings. The summed E-state index contributed by atoms with van der Waals surface area (Å²) in [4.78, 5) is 30.4. The van der Waals surface area contributed by atoms with Gasteiger partial charge >= 0.3 is 0 Å². The summed E-state index contributed by atoms with van der Waals surface area (Å²) >= 11 is 12.4. The van der Waals surface area contributed by atoms with Gasteiger partial charge in [0.05, 0.1) is 6.54 Å². The molecule has 0 fully saturated rings. The van der Waals surface area contributed by atoms with Crippen molar-refractivity contribution in [1.82, 2.24) is 14.4 Å². The summed E-state index contributed by atoms with van der Waals surface area (Å²) in [5, 5.41) is 1.29. The minimum absolute atomic E-state index is 0.0254. The second kappa shape index (κ2) is 13.0. The van der Waals surface area contributed by atoms with Crippen LogP contribution in [-0.4, -0.2) is 45.8 Å². The van der Waals surface area contributed by atoms with Crippen molar-refractivity contribution in [2.75, 3.05) is 19.6 Å². The maximum absolute atomic E-state index is 13.6. The Morgan fingerprint density at radius 3 is 2.11 bits per heavy atom. The zero-order valence-electron chi connectivity index (χ0n) is 21.5. The number of halogens is 2. The van der Waals surface area contributed by atoms with E-state index in [-0.39, 0.29) is 30.2 Å². The van der Waals surface area contributed by atoms with E-state index in [1.807, 2.05) is 61.3 Å². The van der Waals surface area contributed by atoms with E-state index in [2.05, 4.69) is 18.4 Å². The average molecular weight is 529 g/mol. The van der Waals surface area contributed by atoms with Gasteiger partial charge in [0.15, 0.2) is 0 Å². The molecule has 36 heavy (non-hydrogen) atoms. The Morgan fingerprint density at radius 1 is 0.833 bits per heavy atom. The van der Waals surface area contributed by atoms with Crippen LogP contribution in [0.25, 0.3) is 0 Å². The SMILES string of the molecule is CC(C)CN(Cc1cccn1Cc1ccccc1Cl)C(=O)CN(CC(C)C)C(=O)c1ccc(Cl)cc1. The topological polar surface area (TPSA) is 45.6 Å². The summed E-state index contributed by atoms with van der Waals surface area (Å²) in [7, 11) is 0. The fraction of sp³-hybridized carbons (Fsp3) is 0.379. The van der Waals surface area contributed by atoms with Crippen molar-refractivity contribution in [3.63, 3.8) is 0 Å². The van der Waals surface area contributed by atoms with Crippen LogP contribution in [0.15, 0.2) is 66.9 Å². The minimum Gasteiger partial charge on any atom is -0.345 e. The van der Waals surface area contributed by atoms with Gasteiger partial charge in [-0.3, -0.25) is 9.59 Å². The van der Waals surface area contributed by atoms with Crippen molar-refractivity contribution in [3.05, 3.63) is 93.7 Å². The lowest BCUT2D eigenvalue weighted by Gasteiger charge is -2.30. The van der Waals surface area contributed by atoms with Gasteiger partial charge in [0, 0.05) is 47.1 Å². The quantitative estimate of drug-likeness (QED) is 0.281. The number of carbonyl (C=O) groups is 2. The fourth-order valence-electron chi connectivity index (χ4n) is 4.15. The summed E-state index contributed by atoms with van der Waals surface area (Å²) in [6, 6.07) is 18.6. The number of hydrogen-bond donors (Lipinski definition) is 0. The van der Waals surface area contributed by atoms with E-state index in [0.29, 0.717) is 36.8 Å². The first-order valence-corrected chi connectivity index (χ1v) is 13.1. The molecule has 0 unspecified atom stereocenters. The van der Waals surface area contributed by atoms with Gasteiger partial charge in [0.1, 0.15) is 6.54 Å². The lowest BCUT2D eigenvalue weighted by atomic mass is 10.1. The van der Waals surface area contributed by atoms with Crippen LogP contribution in [0.5, 0.6) is 0 Å². The first kappa shape index (κ1) is 27.8. The van der Waals surface area contributed by atoms with Crippen LogP contribution in [-0.2, 0) is 17.9 Å². The molecule has 7 heteroatoms. The molecule has 0 aliphatic heterocycles. The van der Waals surface area contributed by atoms with Crippen LogP contribution in [0.2, 0.25) is 10.0 Å². The highest BCUT2D eigenvalue weighted by molar-refractivity contribution is 6.31. The van der Waals surface area contributed by atoms with E-state index >= 15 is 0 Å². The number of benzene rings is 2. The molecule has 0 aliphatic carbocycles. The summed E-state index contributed by atoms with van der Waals surface area (Å²) in [5.41, 5.74) is 2.57. The maximum Gasteiger partial charge on any atom is 0.254 e. The van der Waals surface area contributed by atoms with Gasteiger partial charge in [-0.25, -0.2) is 0 Å². The Labute approximate surface area is 224 Å². The predicted molar refractivity (Wildman–Crippen MR) is 147 cm³/mol. The smallest absolute Gasteiger partial charge is 0.254 e. The monoisotopic (exact) mass is 527 g/mol. The first-order valence-electron chi connectivity index (χ1n) is 12.3. The van der Waals surface area contributed by atoms with Gasteiger partial charge in [0.25, 0.3) is 5.91 Å². The largest absolute Gasteiger partial charge is 0.345 e. The molecule has 192 valence electrons. The average Bonchev–Trinajstić information content (AvgIpc) is 3.25. The van der Waals surface area contributed by atoms with E-state index in [0.717, 1.165) is 16.3 Å². The standard InChI is InChI=1S/C29H35Cl2N3O2/c1-21(2)16-33(19-26-9-7-15-32(26)18-24-8-5-6-10-27(24)31)28(35)20-34(17-22(3)4)29(36)23-11-13-25(30)14-12-23/h5-15,21-22H,16-20H2,1-4H3. The van der Waals surface area contributed by atoms with Gasteiger partial charge in [-0.2, -0.15) is 0 Å². The van der Waals surface area contributed by atoms with Crippen molar-refractivity contribution in [2.45, 2.75) is 40.8 Å². The molecule has 0 radical (unpaired) electrons. The Hall–Kier alpha value is -2.76. The molecule has 3 aromatic rings. The lowest BCUT2D eigenvalue weighted by Crippen LogP contribution is -2.45. The summed E-state index contributed by atoms with van der Waals surface area (Å²) < 4.78 is 2.12. The molecule has 0 N–H and O–H groups in total. The van der Waals surface area contributed by atoms with E-state index in [4.69, 9.17) is 23.2 Å². The van der Waals surface area contributed by atoms with Gasteiger partial charge in [-0.1, -0.05) is 69.1 Å². The third-order valence-corrected chi connectivity index (χ3v) is 6.42. The normalized spacial score (nSPS) is 11.2. The zero-order valence-corrected chi connectivity index (χ0v) is 23.0. The van der Waals surface area contributed by atoms with Crippen LogP contribution in [0.4, 0.5) is 0 Å². The van der Waals surface area contributed by atoms with Crippen molar-refractivity contribution in [1.29, 1.82) is 0 Å². The Bertz CT molecular complexity index is 1160. The van der Waals surface area contributed by atoms with Crippen molar-refractivity contribution < 1.29 is 9.59 Å². The molecule has 1 heterocycles. The van der Waals surface area contributed by atoms with Crippen molar-refractivity contribution >= 4 is 35.0 Å². The second-order valence-corrected chi connectivity index (χ2v) is 10.8. The number of rotatable bonds is 11. The summed E-state index contributed by atoms with van der Waals surface area (Å²) in [6.07, 6.45) is 2.01. The fourth-order valence-corrected chi connectivity index (χ4v) is 4.47. The summed E-state index contributed by atoms with van der Waals surface area (Å²) in [5.74, 6) is 0.268. The number of nitrogens with zero attached hydrogens (tertiary/aromatic N) is 3. The van der Waals surface area contributed by atoms with E-state index in [9.17, 15) is 9.59 Å². The molecular formula is C29H35Cl2N3O2. The molecule has 3 rings (SSSR count). The first-order chi connectivity index (χ1) is 17.1. The molecule has 2 amide bonds. The van der Waals surface area contributed by atoms with Crippen LogP contribution < -0.4 is 0 Å². The van der Waals surface area contributed by atoms with E-state index in [1.165, 1.54) is 0 Å². The van der Waals surface area contributed by atoms with Crippen LogP contribution in [0.1, 0.15) is 49.3 Å². The molecule has 0 atom stereocenters. The van der Waals surface area contributed by atoms with Gasteiger partial charge in [-0.15, -0.1) is 0 Å². The molecule has 0 spiro atoms. The zero-order chi connectivity index (χ0) is 26.2. The highest BCUT2D eigenvalue weighted by Gasteiger charge is 2.24. The molecule has 1 aromatic heterocycles. The van der Waals surface area contributed by atoms with Crippen LogP contribution in [0, 0.1) is 11.8 Å². The van der Waals surface area contributed by atoms with Crippen molar-refractivity contribution in [3.8, 4) is 0 Å². The molecule has 2 aromatic carbocycles.